The first-order chi connectivity index (χ1) is 8.40. The summed E-state index contributed by atoms with van der Waals surface area (Å²) in [5, 5.41) is 0. The second-order valence-corrected chi connectivity index (χ2v) is 3.19. The first kappa shape index (κ1) is 16.2. The molecular formula is C9H15N3O6. The van der Waals surface area contributed by atoms with Gasteiger partial charge in [0.2, 0.25) is 0 Å². The lowest BCUT2D eigenvalue weighted by Crippen LogP contribution is -2.36. The second kappa shape index (κ2) is 8.28. The van der Waals surface area contributed by atoms with Gasteiger partial charge in [-0.1, -0.05) is 0 Å². The van der Waals surface area contributed by atoms with Crippen molar-refractivity contribution in [2.24, 2.45) is 17.2 Å². The van der Waals surface area contributed by atoms with Gasteiger partial charge in [-0.05, 0) is 6.42 Å². The van der Waals surface area contributed by atoms with E-state index in [1.54, 1.807) is 0 Å². The molecule has 18 heavy (non-hydrogen) atoms. The predicted octanol–water partition coefficient (Wildman–Crippen LogP) is -2.85. The third-order valence-corrected chi connectivity index (χ3v) is 1.74. The highest BCUT2D eigenvalue weighted by Gasteiger charge is 2.20. The number of esters is 4. The van der Waals surface area contributed by atoms with E-state index in [0.29, 0.717) is 0 Å². The number of ether oxygens (including phenoxy) is 2. The van der Waals surface area contributed by atoms with Crippen molar-refractivity contribution in [3.63, 3.8) is 0 Å². The Bertz CT molecular complexity index is 343. The van der Waals surface area contributed by atoms with Crippen molar-refractivity contribution in [3.8, 4) is 0 Å². The SMILES string of the molecule is NCC(=O)OC(=O)CC[C@H](N)C(=O)OC(=O)CN. The number of carbonyl (C=O) groups is 4. The molecule has 0 saturated heterocycles. The highest BCUT2D eigenvalue weighted by Crippen LogP contribution is 1.99. The van der Waals surface area contributed by atoms with E-state index < -0.39 is 43.0 Å². The summed E-state index contributed by atoms with van der Waals surface area (Å²) in [6, 6.07) is -1.18. The molecule has 0 amide bonds. The van der Waals surface area contributed by atoms with E-state index in [-0.39, 0.29) is 12.8 Å². The fourth-order valence-corrected chi connectivity index (χ4v) is 0.840. The summed E-state index contributed by atoms with van der Waals surface area (Å²) in [5.74, 6) is -3.66. The quantitative estimate of drug-likeness (QED) is 0.337. The zero-order valence-corrected chi connectivity index (χ0v) is 9.59. The molecule has 0 unspecified atom stereocenters. The normalized spacial score (nSPS) is 11.5. The highest BCUT2D eigenvalue weighted by molar-refractivity contribution is 5.90. The molecule has 0 aromatic rings. The van der Waals surface area contributed by atoms with Gasteiger partial charge in [-0.15, -0.1) is 0 Å². The molecule has 0 saturated carbocycles. The fraction of sp³-hybridized carbons (Fsp3) is 0.556. The Morgan fingerprint density at radius 2 is 1.39 bits per heavy atom. The molecule has 0 aromatic carbocycles. The van der Waals surface area contributed by atoms with Crippen molar-refractivity contribution in [2.45, 2.75) is 18.9 Å². The van der Waals surface area contributed by atoms with Gasteiger partial charge in [0.25, 0.3) is 0 Å². The van der Waals surface area contributed by atoms with Crippen molar-refractivity contribution in [3.05, 3.63) is 0 Å². The standard InChI is InChI=1S/C9H15N3O6/c10-3-7(14)17-6(13)2-1-5(12)9(16)18-8(15)4-11/h5H,1-4,10-12H2/t5-/m0/s1. The Hall–Kier alpha value is -1.84. The van der Waals surface area contributed by atoms with Gasteiger partial charge < -0.3 is 26.7 Å². The van der Waals surface area contributed by atoms with Crippen molar-refractivity contribution in [1.82, 2.24) is 0 Å². The summed E-state index contributed by atoms with van der Waals surface area (Å²) in [6.07, 6.45) is -0.411. The summed E-state index contributed by atoms with van der Waals surface area (Å²) in [4.78, 5) is 43.5. The minimum absolute atomic E-state index is 0.132. The van der Waals surface area contributed by atoms with E-state index >= 15 is 0 Å². The lowest BCUT2D eigenvalue weighted by molar-refractivity contribution is -0.159. The molecular weight excluding hydrogens is 246 g/mol. The molecule has 0 aliphatic heterocycles. The fourth-order valence-electron chi connectivity index (χ4n) is 0.840. The highest BCUT2D eigenvalue weighted by atomic mass is 16.6. The summed E-state index contributed by atoms with van der Waals surface area (Å²) < 4.78 is 8.46. The third-order valence-electron chi connectivity index (χ3n) is 1.74. The van der Waals surface area contributed by atoms with Gasteiger partial charge in [0, 0.05) is 6.42 Å². The maximum absolute atomic E-state index is 11.1. The van der Waals surface area contributed by atoms with Crippen LogP contribution < -0.4 is 17.2 Å². The molecule has 0 fully saturated rings. The number of nitrogens with two attached hydrogens (primary N) is 3. The van der Waals surface area contributed by atoms with E-state index in [9.17, 15) is 19.2 Å². The van der Waals surface area contributed by atoms with Crippen LogP contribution in [0.5, 0.6) is 0 Å². The van der Waals surface area contributed by atoms with Crippen LogP contribution in [0.25, 0.3) is 0 Å². The maximum atomic E-state index is 11.1. The van der Waals surface area contributed by atoms with E-state index in [1.807, 2.05) is 0 Å². The molecule has 6 N–H and O–H groups in total. The first-order valence-electron chi connectivity index (χ1n) is 5.04. The lowest BCUT2D eigenvalue weighted by atomic mass is 10.2. The molecule has 1 atom stereocenters. The largest absolute Gasteiger partial charge is 0.392 e. The van der Waals surface area contributed by atoms with Crippen molar-refractivity contribution < 1.29 is 28.7 Å². The molecule has 0 aliphatic rings. The number of hydrogen-bond donors (Lipinski definition) is 3. The van der Waals surface area contributed by atoms with Crippen LogP contribution in [0.4, 0.5) is 0 Å². The van der Waals surface area contributed by atoms with Crippen LogP contribution in [0.1, 0.15) is 12.8 Å². The van der Waals surface area contributed by atoms with Gasteiger partial charge in [-0.3, -0.25) is 14.4 Å². The number of carbonyl (C=O) groups excluding carboxylic acids is 4. The topological polar surface area (TPSA) is 165 Å². The summed E-state index contributed by atoms with van der Waals surface area (Å²) >= 11 is 0. The molecule has 0 radical (unpaired) electrons. The van der Waals surface area contributed by atoms with Crippen LogP contribution in [-0.4, -0.2) is 43.0 Å². The van der Waals surface area contributed by atoms with E-state index in [2.05, 4.69) is 9.47 Å². The van der Waals surface area contributed by atoms with Crippen molar-refractivity contribution in [1.29, 1.82) is 0 Å². The summed E-state index contributed by atoms with van der Waals surface area (Å²) in [6.45, 7) is -0.879. The lowest BCUT2D eigenvalue weighted by Gasteiger charge is -2.09. The third kappa shape index (κ3) is 6.68. The van der Waals surface area contributed by atoms with Crippen LogP contribution in [0.15, 0.2) is 0 Å². The minimum atomic E-state index is -1.18. The Labute approximate surface area is 103 Å². The van der Waals surface area contributed by atoms with Crippen LogP contribution in [0.2, 0.25) is 0 Å². The van der Waals surface area contributed by atoms with Gasteiger partial charge in [-0.2, -0.15) is 0 Å². The predicted molar refractivity (Wildman–Crippen MR) is 57.5 cm³/mol. The molecule has 102 valence electrons. The number of rotatable bonds is 6. The molecule has 0 aromatic heterocycles. The van der Waals surface area contributed by atoms with E-state index in [4.69, 9.17) is 17.2 Å². The molecule has 0 bridgehead atoms. The Kier molecular flexibility index (Phi) is 7.43. The van der Waals surface area contributed by atoms with Crippen LogP contribution >= 0.6 is 0 Å². The molecule has 0 heterocycles. The second-order valence-electron chi connectivity index (χ2n) is 3.19. The van der Waals surface area contributed by atoms with Gasteiger partial charge >= 0.3 is 23.9 Å². The van der Waals surface area contributed by atoms with E-state index in [1.165, 1.54) is 0 Å². The molecule has 9 heteroatoms. The zero-order valence-electron chi connectivity index (χ0n) is 9.59. The summed E-state index contributed by atoms with van der Waals surface area (Å²) in [7, 11) is 0. The average molecular weight is 261 g/mol. The monoisotopic (exact) mass is 261 g/mol. The van der Waals surface area contributed by atoms with Crippen molar-refractivity contribution >= 4 is 23.9 Å². The molecule has 0 rings (SSSR count). The van der Waals surface area contributed by atoms with Crippen molar-refractivity contribution in [2.75, 3.05) is 13.1 Å². The average Bonchev–Trinajstić information content (AvgIpc) is 2.35. The zero-order chi connectivity index (χ0) is 14.1. The van der Waals surface area contributed by atoms with Gasteiger partial charge in [0.1, 0.15) is 6.04 Å². The summed E-state index contributed by atoms with van der Waals surface area (Å²) in [5.41, 5.74) is 15.2. The van der Waals surface area contributed by atoms with E-state index in [0.717, 1.165) is 0 Å². The molecule has 0 aliphatic carbocycles. The molecule has 9 nitrogen and oxygen atoms in total. The van der Waals surface area contributed by atoms with Gasteiger partial charge in [0.05, 0.1) is 13.1 Å². The Balaban J connectivity index is 3.98. The van der Waals surface area contributed by atoms with Crippen LogP contribution in [0.3, 0.4) is 0 Å². The Morgan fingerprint density at radius 1 is 0.889 bits per heavy atom. The van der Waals surface area contributed by atoms with Crippen LogP contribution in [-0.2, 0) is 28.7 Å². The van der Waals surface area contributed by atoms with Gasteiger partial charge in [-0.25, -0.2) is 4.79 Å². The first-order valence-corrected chi connectivity index (χ1v) is 5.04. The van der Waals surface area contributed by atoms with Crippen LogP contribution in [0, 0.1) is 0 Å². The Morgan fingerprint density at radius 3 is 1.89 bits per heavy atom. The smallest absolute Gasteiger partial charge is 0.330 e. The maximum Gasteiger partial charge on any atom is 0.330 e. The molecule has 0 spiro atoms. The van der Waals surface area contributed by atoms with Gasteiger partial charge in [0.15, 0.2) is 0 Å². The minimum Gasteiger partial charge on any atom is -0.392 e. The number of hydrogen-bond acceptors (Lipinski definition) is 9.